The molecule has 1 aliphatic rings. The first-order valence-corrected chi connectivity index (χ1v) is 7.06. The molecule has 0 aliphatic carbocycles. The predicted molar refractivity (Wildman–Crippen MR) is 73.0 cm³/mol. The molecule has 0 spiro atoms. The number of hydrogen-bond acceptors (Lipinski definition) is 3. The number of benzene rings is 1. The van der Waals surface area contributed by atoms with Crippen LogP contribution in [0.1, 0.15) is 31.7 Å². The molecule has 0 saturated carbocycles. The second-order valence-corrected chi connectivity index (χ2v) is 4.99. The van der Waals surface area contributed by atoms with E-state index in [1.165, 1.54) is 0 Å². The lowest BCUT2D eigenvalue weighted by Gasteiger charge is -2.29. The van der Waals surface area contributed by atoms with Gasteiger partial charge in [0.05, 0.1) is 6.10 Å². The number of hydrogen-bond donors (Lipinski definition) is 1. The van der Waals surface area contributed by atoms with Gasteiger partial charge in [-0.15, -0.1) is 0 Å². The Bertz CT molecular complexity index is 415. The molecule has 1 aliphatic heterocycles. The lowest BCUT2D eigenvalue weighted by Crippen LogP contribution is -2.38. The Labute approximate surface area is 118 Å². The average molecular weight is 285 g/mol. The Kier molecular flexibility index (Phi) is 5.73. The summed E-state index contributed by atoms with van der Waals surface area (Å²) in [6.45, 7) is 0.609. The van der Waals surface area contributed by atoms with Crippen molar-refractivity contribution in [3.05, 3.63) is 29.8 Å². The third-order valence-electron chi connectivity index (χ3n) is 3.59. The molecular weight excluding hydrogens is 264 g/mol. The third-order valence-corrected chi connectivity index (χ3v) is 3.59. The van der Waals surface area contributed by atoms with E-state index in [1.807, 2.05) is 6.07 Å². The Morgan fingerprint density at radius 1 is 1.40 bits per heavy atom. The van der Waals surface area contributed by atoms with Crippen molar-refractivity contribution >= 4 is 0 Å². The zero-order valence-electron chi connectivity index (χ0n) is 11.6. The van der Waals surface area contributed by atoms with Gasteiger partial charge in [0, 0.05) is 24.8 Å². The monoisotopic (exact) mass is 285 g/mol. The molecule has 1 aromatic rings. The molecule has 0 radical (unpaired) electrons. The van der Waals surface area contributed by atoms with Crippen molar-refractivity contribution in [2.45, 2.75) is 51.5 Å². The fourth-order valence-electron chi connectivity index (χ4n) is 2.47. The van der Waals surface area contributed by atoms with E-state index in [1.54, 1.807) is 18.2 Å². The summed E-state index contributed by atoms with van der Waals surface area (Å²) < 4.78 is 34.8. The van der Waals surface area contributed by atoms with Crippen LogP contribution in [-0.2, 0) is 11.3 Å². The highest BCUT2D eigenvalue weighted by Gasteiger charge is 2.21. The van der Waals surface area contributed by atoms with Gasteiger partial charge in [0.1, 0.15) is 5.75 Å². The van der Waals surface area contributed by atoms with Crippen LogP contribution in [0.2, 0.25) is 0 Å². The molecule has 1 heterocycles. The van der Waals surface area contributed by atoms with Crippen molar-refractivity contribution in [3.63, 3.8) is 0 Å². The van der Waals surface area contributed by atoms with E-state index in [2.05, 4.69) is 17.0 Å². The van der Waals surface area contributed by atoms with Crippen molar-refractivity contribution in [2.24, 2.45) is 0 Å². The van der Waals surface area contributed by atoms with Crippen molar-refractivity contribution in [1.82, 2.24) is 5.32 Å². The first kappa shape index (κ1) is 15.2. The van der Waals surface area contributed by atoms with Gasteiger partial charge in [-0.05, 0) is 25.3 Å². The molecule has 20 heavy (non-hydrogen) atoms. The van der Waals surface area contributed by atoms with Crippen LogP contribution in [0.15, 0.2) is 24.3 Å². The lowest BCUT2D eigenvalue weighted by molar-refractivity contribution is -0.0505. The molecular formula is C15H21F2NO2. The molecule has 1 aromatic carbocycles. The topological polar surface area (TPSA) is 30.5 Å². The number of para-hydroxylation sites is 1. The van der Waals surface area contributed by atoms with Crippen LogP contribution in [-0.4, -0.2) is 25.4 Å². The Balaban J connectivity index is 1.90. The van der Waals surface area contributed by atoms with Gasteiger partial charge in [0.25, 0.3) is 0 Å². The number of halogens is 2. The number of ether oxygens (including phenoxy) is 2. The maximum Gasteiger partial charge on any atom is 0.387 e. The minimum atomic E-state index is -2.79. The van der Waals surface area contributed by atoms with E-state index in [9.17, 15) is 8.78 Å². The van der Waals surface area contributed by atoms with E-state index in [4.69, 9.17) is 4.74 Å². The molecule has 0 bridgehead atoms. The van der Waals surface area contributed by atoms with Crippen LogP contribution < -0.4 is 10.1 Å². The molecule has 0 aromatic heterocycles. The first-order valence-electron chi connectivity index (χ1n) is 7.06. The largest absolute Gasteiger partial charge is 0.434 e. The quantitative estimate of drug-likeness (QED) is 0.869. The first-order chi connectivity index (χ1) is 9.69. The van der Waals surface area contributed by atoms with Gasteiger partial charge in [-0.25, -0.2) is 0 Å². The Morgan fingerprint density at radius 3 is 2.95 bits per heavy atom. The van der Waals surface area contributed by atoms with E-state index >= 15 is 0 Å². The normalized spacial score (nSPS) is 23.0. The molecule has 1 fully saturated rings. The highest BCUT2D eigenvalue weighted by Crippen LogP contribution is 2.21. The summed E-state index contributed by atoms with van der Waals surface area (Å²) in [5, 5.41) is 3.41. The second-order valence-electron chi connectivity index (χ2n) is 4.99. The molecule has 2 unspecified atom stereocenters. The summed E-state index contributed by atoms with van der Waals surface area (Å²) in [7, 11) is 0. The zero-order valence-corrected chi connectivity index (χ0v) is 11.6. The van der Waals surface area contributed by atoms with Crippen molar-refractivity contribution in [1.29, 1.82) is 0 Å². The Morgan fingerprint density at radius 2 is 2.20 bits per heavy atom. The van der Waals surface area contributed by atoms with Gasteiger partial charge in [0.15, 0.2) is 0 Å². The summed E-state index contributed by atoms with van der Waals surface area (Å²) in [5.41, 5.74) is 0.757. The lowest BCUT2D eigenvalue weighted by atomic mass is 10.0. The van der Waals surface area contributed by atoms with Gasteiger partial charge < -0.3 is 14.8 Å². The van der Waals surface area contributed by atoms with Crippen LogP contribution >= 0.6 is 0 Å². The van der Waals surface area contributed by atoms with Crippen molar-refractivity contribution in [3.8, 4) is 5.75 Å². The summed E-state index contributed by atoms with van der Waals surface area (Å²) >= 11 is 0. The molecule has 1 saturated heterocycles. The van der Waals surface area contributed by atoms with Gasteiger partial charge >= 0.3 is 6.61 Å². The maximum atomic E-state index is 12.3. The van der Waals surface area contributed by atoms with E-state index < -0.39 is 6.61 Å². The molecule has 2 atom stereocenters. The minimum absolute atomic E-state index is 0.245. The highest BCUT2D eigenvalue weighted by atomic mass is 19.3. The summed E-state index contributed by atoms with van der Waals surface area (Å²) in [4.78, 5) is 0. The van der Waals surface area contributed by atoms with Gasteiger partial charge in [-0.2, -0.15) is 8.78 Å². The van der Waals surface area contributed by atoms with E-state index in [0.29, 0.717) is 18.7 Å². The Hall–Kier alpha value is -1.20. The van der Waals surface area contributed by atoms with E-state index in [0.717, 1.165) is 31.4 Å². The van der Waals surface area contributed by atoms with Gasteiger partial charge in [-0.3, -0.25) is 0 Å². The van der Waals surface area contributed by atoms with Gasteiger partial charge in [0.2, 0.25) is 0 Å². The third kappa shape index (κ3) is 4.42. The summed E-state index contributed by atoms with van der Waals surface area (Å²) in [6, 6.07) is 7.27. The number of rotatable bonds is 6. The van der Waals surface area contributed by atoms with Crippen LogP contribution in [0.25, 0.3) is 0 Å². The molecule has 3 nitrogen and oxygen atoms in total. The number of nitrogens with one attached hydrogen (secondary N) is 1. The van der Waals surface area contributed by atoms with Crippen molar-refractivity contribution < 1.29 is 18.3 Å². The molecule has 5 heteroatoms. The maximum absolute atomic E-state index is 12.3. The van der Waals surface area contributed by atoms with Crippen LogP contribution in [0.4, 0.5) is 8.78 Å². The molecule has 112 valence electrons. The smallest absolute Gasteiger partial charge is 0.387 e. The minimum Gasteiger partial charge on any atom is -0.434 e. The fraction of sp³-hybridized carbons (Fsp3) is 0.600. The second kappa shape index (κ2) is 7.55. The summed E-state index contributed by atoms with van der Waals surface area (Å²) in [5.74, 6) is 0.245. The molecule has 0 amide bonds. The summed E-state index contributed by atoms with van der Waals surface area (Å²) in [6.07, 6.45) is 3.22. The standard InChI is InChI=1S/C15H21F2NO2/c1-2-13-9-12(7-8-19-13)18-10-11-5-3-4-6-14(11)20-15(16)17/h3-6,12-13,15,18H,2,7-10H2,1H3. The zero-order chi connectivity index (χ0) is 14.4. The molecule has 2 rings (SSSR count). The van der Waals surface area contributed by atoms with Crippen LogP contribution in [0, 0.1) is 0 Å². The van der Waals surface area contributed by atoms with E-state index in [-0.39, 0.29) is 5.75 Å². The highest BCUT2D eigenvalue weighted by molar-refractivity contribution is 5.33. The van der Waals surface area contributed by atoms with Crippen LogP contribution in [0.3, 0.4) is 0 Å². The van der Waals surface area contributed by atoms with Crippen LogP contribution in [0.5, 0.6) is 5.75 Å². The molecule has 1 N–H and O–H groups in total. The predicted octanol–water partition coefficient (Wildman–Crippen LogP) is 3.34. The van der Waals surface area contributed by atoms with Gasteiger partial charge in [-0.1, -0.05) is 25.1 Å². The number of alkyl halides is 2. The average Bonchev–Trinajstić information content (AvgIpc) is 2.46. The van der Waals surface area contributed by atoms with Crippen molar-refractivity contribution in [2.75, 3.05) is 6.61 Å². The SMILES string of the molecule is CCC1CC(NCc2ccccc2OC(F)F)CCO1. The fourth-order valence-corrected chi connectivity index (χ4v) is 2.47.